The maximum Gasteiger partial charge on any atom is 0.0374 e. The van der Waals surface area contributed by atoms with Gasteiger partial charge >= 0.3 is 0 Å². The van der Waals surface area contributed by atoms with Crippen molar-refractivity contribution in [2.45, 2.75) is 20.8 Å². The van der Waals surface area contributed by atoms with Gasteiger partial charge < -0.3 is 5.73 Å². The fraction of sp³-hybridized carbons (Fsp3) is 0.375. The Morgan fingerprint density at radius 1 is 1.33 bits per heavy atom. The molecule has 0 saturated heterocycles. The molecular formula is C8H13N. The van der Waals surface area contributed by atoms with Crippen molar-refractivity contribution in [2.75, 3.05) is 0 Å². The standard InChI is InChI=1S/C8H13N/c1-7(2)6-8(3)4-5-9/h5-6H,9H2,1-3H3. The number of rotatable bonds is 1. The average Bonchev–Trinajstić information content (AvgIpc) is 1.63. The maximum absolute atomic E-state index is 5.12. The second-order valence-corrected chi connectivity index (χ2v) is 2.22. The van der Waals surface area contributed by atoms with Gasteiger partial charge in [0.2, 0.25) is 0 Å². The molecule has 2 N–H and O–H groups in total. The fourth-order valence-electron chi connectivity index (χ4n) is 0.606. The smallest absolute Gasteiger partial charge is 0.0374 e. The molecule has 0 aromatic heterocycles. The van der Waals surface area contributed by atoms with Gasteiger partial charge in [0, 0.05) is 6.20 Å². The van der Waals surface area contributed by atoms with Crippen molar-refractivity contribution in [2.24, 2.45) is 5.73 Å². The van der Waals surface area contributed by atoms with E-state index in [9.17, 15) is 0 Å². The number of nitrogens with two attached hydrogens (primary N) is 1. The molecule has 0 aromatic carbocycles. The summed E-state index contributed by atoms with van der Waals surface area (Å²) in [7, 11) is 0. The van der Waals surface area contributed by atoms with Crippen molar-refractivity contribution in [1.29, 1.82) is 0 Å². The molecule has 0 aliphatic carbocycles. The number of hydrogen-bond acceptors (Lipinski definition) is 1. The number of allylic oxidation sites excluding steroid dienone is 3. The first-order valence-electron chi connectivity index (χ1n) is 2.95. The normalized spacial score (nSPS) is 7.44. The van der Waals surface area contributed by atoms with Crippen molar-refractivity contribution in [3.05, 3.63) is 29.2 Å². The molecule has 0 aromatic rings. The van der Waals surface area contributed by atoms with Crippen molar-refractivity contribution in [3.63, 3.8) is 0 Å². The van der Waals surface area contributed by atoms with Gasteiger partial charge in [-0.2, -0.15) is 0 Å². The lowest BCUT2D eigenvalue weighted by Crippen LogP contribution is -1.73. The van der Waals surface area contributed by atoms with Gasteiger partial charge in [-0.15, -0.1) is 5.73 Å². The van der Waals surface area contributed by atoms with Crippen LogP contribution in [0.5, 0.6) is 0 Å². The molecular weight excluding hydrogens is 110 g/mol. The molecule has 0 heterocycles. The van der Waals surface area contributed by atoms with Crippen LogP contribution in [0.4, 0.5) is 0 Å². The lowest BCUT2D eigenvalue weighted by Gasteiger charge is -1.86. The highest BCUT2D eigenvalue weighted by molar-refractivity contribution is 5.18. The first-order valence-corrected chi connectivity index (χ1v) is 2.95. The van der Waals surface area contributed by atoms with Crippen LogP contribution in [0, 0.1) is 0 Å². The third-order valence-electron chi connectivity index (χ3n) is 0.816. The Labute approximate surface area is 56.6 Å². The monoisotopic (exact) mass is 123 g/mol. The topological polar surface area (TPSA) is 26.0 Å². The van der Waals surface area contributed by atoms with Gasteiger partial charge in [0.1, 0.15) is 0 Å². The van der Waals surface area contributed by atoms with Gasteiger partial charge in [0.15, 0.2) is 0 Å². The zero-order valence-corrected chi connectivity index (χ0v) is 6.23. The van der Waals surface area contributed by atoms with Crippen LogP contribution in [0.2, 0.25) is 0 Å². The van der Waals surface area contributed by atoms with E-state index >= 15 is 0 Å². The minimum atomic E-state index is 1.07. The molecule has 0 radical (unpaired) electrons. The molecule has 9 heavy (non-hydrogen) atoms. The molecule has 50 valence electrons. The van der Waals surface area contributed by atoms with Gasteiger partial charge in [-0.1, -0.05) is 11.6 Å². The minimum Gasteiger partial charge on any atom is -0.398 e. The summed E-state index contributed by atoms with van der Waals surface area (Å²) in [6.45, 7) is 6.06. The quantitative estimate of drug-likeness (QED) is 0.418. The summed E-state index contributed by atoms with van der Waals surface area (Å²) in [5.41, 5.74) is 10.3. The predicted octanol–water partition coefficient (Wildman–Crippen LogP) is 1.97. The molecule has 0 spiro atoms. The predicted molar refractivity (Wildman–Crippen MR) is 40.9 cm³/mol. The van der Waals surface area contributed by atoms with Crippen LogP contribution >= 0.6 is 0 Å². The molecule has 0 bridgehead atoms. The van der Waals surface area contributed by atoms with E-state index in [4.69, 9.17) is 5.73 Å². The summed E-state index contributed by atoms with van der Waals surface area (Å²) in [5, 5.41) is 0. The zero-order chi connectivity index (χ0) is 7.28. The second kappa shape index (κ2) is 3.99. The van der Waals surface area contributed by atoms with Crippen LogP contribution < -0.4 is 5.73 Å². The summed E-state index contributed by atoms with van der Waals surface area (Å²) >= 11 is 0. The van der Waals surface area contributed by atoms with E-state index in [2.05, 4.69) is 5.73 Å². The molecule has 0 aliphatic heterocycles. The molecule has 0 amide bonds. The summed E-state index contributed by atoms with van der Waals surface area (Å²) in [4.78, 5) is 0. The highest BCUT2D eigenvalue weighted by Gasteiger charge is 1.77. The van der Waals surface area contributed by atoms with E-state index in [0.717, 1.165) is 5.57 Å². The molecule has 0 fully saturated rings. The summed E-state index contributed by atoms with van der Waals surface area (Å²) in [6, 6.07) is 0. The first kappa shape index (κ1) is 8.06. The Morgan fingerprint density at radius 2 is 1.89 bits per heavy atom. The van der Waals surface area contributed by atoms with Crippen molar-refractivity contribution in [1.82, 2.24) is 0 Å². The van der Waals surface area contributed by atoms with Crippen LogP contribution in [0.3, 0.4) is 0 Å². The summed E-state index contributed by atoms with van der Waals surface area (Å²) in [6.07, 6.45) is 3.46. The maximum atomic E-state index is 5.12. The Balaban J connectivity index is 4.25. The van der Waals surface area contributed by atoms with Crippen LogP contribution in [0.1, 0.15) is 20.8 Å². The SMILES string of the molecule is CC(=C=CN)C=C(C)C. The molecule has 1 nitrogen and oxygen atoms in total. The molecule has 0 aliphatic rings. The van der Waals surface area contributed by atoms with Gasteiger partial charge in [-0.25, -0.2) is 0 Å². The summed E-state index contributed by atoms with van der Waals surface area (Å²) in [5.74, 6) is 0. The van der Waals surface area contributed by atoms with Gasteiger partial charge in [0.25, 0.3) is 0 Å². The average molecular weight is 123 g/mol. The third-order valence-corrected chi connectivity index (χ3v) is 0.816. The van der Waals surface area contributed by atoms with Gasteiger partial charge in [-0.05, 0) is 26.3 Å². The second-order valence-electron chi connectivity index (χ2n) is 2.22. The zero-order valence-electron chi connectivity index (χ0n) is 6.23. The van der Waals surface area contributed by atoms with E-state index in [0.29, 0.717) is 0 Å². The summed E-state index contributed by atoms with van der Waals surface area (Å²) < 4.78 is 0. The molecule has 0 rings (SSSR count). The highest BCUT2D eigenvalue weighted by Crippen LogP contribution is 1.96. The van der Waals surface area contributed by atoms with Crippen LogP contribution in [0.25, 0.3) is 0 Å². The Bertz CT molecular complexity index is 165. The Hall–Kier alpha value is -0.940. The van der Waals surface area contributed by atoms with Crippen molar-refractivity contribution >= 4 is 0 Å². The molecule has 1 heteroatoms. The van der Waals surface area contributed by atoms with Gasteiger partial charge in [-0.3, -0.25) is 0 Å². The van der Waals surface area contributed by atoms with Crippen LogP contribution in [0.15, 0.2) is 29.2 Å². The van der Waals surface area contributed by atoms with Gasteiger partial charge in [0.05, 0.1) is 0 Å². The van der Waals surface area contributed by atoms with E-state index in [1.54, 1.807) is 0 Å². The Kier molecular flexibility index (Phi) is 3.57. The lowest BCUT2D eigenvalue weighted by atomic mass is 10.2. The molecule has 0 atom stereocenters. The van der Waals surface area contributed by atoms with E-state index in [1.165, 1.54) is 11.8 Å². The van der Waals surface area contributed by atoms with Crippen LogP contribution in [-0.4, -0.2) is 0 Å². The fourth-order valence-corrected chi connectivity index (χ4v) is 0.606. The van der Waals surface area contributed by atoms with Crippen molar-refractivity contribution < 1.29 is 0 Å². The third kappa shape index (κ3) is 4.92. The van der Waals surface area contributed by atoms with E-state index in [-0.39, 0.29) is 0 Å². The largest absolute Gasteiger partial charge is 0.398 e. The van der Waals surface area contributed by atoms with Crippen molar-refractivity contribution in [3.8, 4) is 0 Å². The van der Waals surface area contributed by atoms with E-state index in [1.807, 2.05) is 26.8 Å². The van der Waals surface area contributed by atoms with Crippen LogP contribution in [-0.2, 0) is 0 Å². The molecule has 0 saturated carbocycles. The first-order chi connectivity index (χ1) is 4.16. The Morgan fingerprint density at radius 3 is 2.22 bits per heavy atom. The minimum absolute atomic E-state index is 1.07. The molecule has 0 unspecified atom stereocenters. The number of hydrogen-bond donors (Lipinski definition) is 1. The lowest BCUT2D eigenvalue weighted by molar-refractivity contribution is 1.35. The highest BCUT2D eigenvalue weighted by atomic mass is 14.5. The van der Waals surface area contributed by atoms with E-state index < -0.39 is 0 Å².